The number of nitriles is 1. The van der Waals surface area contributed by atoms with Crippen LogP contribution in [0.5, 0.6) is 0 Å². The molecule has 3 aromatic rings. The standard InChI is InChI=1S/C22H19ClN2/c1-3-25(20-12-11-19(15-24)21(23)14-20)22-13-18(10-9-16(22)2)17-7-5-4-6-8-17/h4-14H,3H2,1-2H3. The smallest absolute Gasteiger partial charge is 0.101 e. The molecule has 0 N–H and O–H groups in total. The molecule has 0 atom stereocenters. The van der Waals surface area contributed by atoms with E-state index in [1.165, 1.54) is 16.7 Å². The Morgan fingerprint density at radius 3 is 2.36 bits per heavy atom. The lowest BCUT2D eigenvalue weighted by Crippen LogP contribution is -2.17. The van der Waals surface area contributed by atoms with Crippen molar-refractivity contribution in [3.63, 3.8) is 0 Å². The van der Waals surface area contributed by atoms with E-state index >= 15 is 0 Å². The Morgan fingerprint density at radius 2 is 1.72 bits per heavy atom. The van der Waals surface area contributed by atoms with Crippen LogP contribution >= 0.6 is 11.6 Å². The number of benzene rings is 3. The third-order valence-electron chi connectivity index (χ3n) is 4.31. The molecule has 124 valence electrons. The van der Waals surface area contributed by atoms with Gasteiger partial charge < -0.3 is 4.90 Å². The maximum atomic E-state index is 9.08. The van der Waals surface area contributed by atoms with Crippen molar-refractivity contribution >= 4 is 23.0 Å². The fourth-order valence-corrected chi connectivity index (χ4v) is 3.18. The Morgan fingerprint density at radius 1 is 0.960 bits per heavy atom. The topological polar surface area (TPSA) is 27.0 Å². The zero-order valence-corrected chi connectivity index (χ0v) is 15.1. The SMILES string of the molecule is CCN(c1ccc(C#N)c(Cl)c1)c1cc(-c2ccccc2)ccc1C. The molecule has 0 radical (unpaired) electrons. The van der Waals surface area contributed by atoms with Crippen molar-refractivity contribution in [3.8, 4) is 17.2 Å². The second-order valence-electron chi connectivity index (χ2n) is 5.89. The zero-order chi connectivity index (χ0) is 17.8. The summed E-state index contributed by atoms with van der Waals surface area (Å²) >= 11 is 6.24. The number of aryl methyl sites for hydroxylation is 1. The molecule has 0 aliphatic rings. The van der Waals surface area contributed by atoms with Gasteiger partial charge in [-0.2, -0.15) is 5.26 Å². The Labute approximate surface area is 153 Å². The van der Waals surface area contributed by atoms with Gasteiger partial charge >= 0.3 is 0 Å². The molecule has 0 heterocycles. The molecule has 0 saturated carbocycles. The number of hydrogen-bond donors (Lipinski definition) is 0. The summed E-state index contributed by atoms with van der Waals surface area (Å²) in [4.78, 5) is 2.22. The van der Waals surface area contributed by atoms with Crippen LogP contribution in [-0.2, 0) is 0 Å². The minimum Gasteiger partial charge on any atom is -0.341 e. The molecule has 0 aliphatic heterocycles. The fraction of sp³-hybridized carbons (Fsp3) is 0.136. The quantitative estimate of drug-likeness (QED) is 0.550. The van der Waals surface area contributed by atoms with Crippen molar-refractivity contribution in [2.75, 3.05) is 11.4 Å². The van der Waals surface area contributed by atoms with Gasteiger partial charge in [-0.05, 0) is 54.8 Å². The molecule has 2 nitrogen and oxygen atoms in total. The van der Waals surface area contributed by atoms with E-state index in [4.69, 9.17) is 16.9 Å². The first-order valence-electron chi connectivity index (χ1n) is 8.27. The first-order chi connectivity index (χ1) is 12.1. The van der Waals surface area contributed by atoms with Crippen LogP contribution in [0.1, 0.15) is 18.1 Å². The minimum absolute atomic E-state index is 0.482. The second-order valence-corrected chi connectivity index (χ2v) is 6.29. The van der Waals surface area contributed by atoms with E-state index in [-0.39, 0.29) is 0 Å². The van der Waals surface area contributed by atoms with Crippen LogP contribution in [-0.4, -0.2) is 6.54 Å². The lowest BCUT2D eigenvalue weighted by molar-refractivity contribution is 1.02. The van der Waals surface area contributed by atoms with E-state index in [2.05, 4.69) is 55.1 Å². The van der Waals surface area contributed by atoms with Gasteiger partial charge in [-0.15, -0.1) is 0 Å². The highest BCUT2D eigenvalue weighted by molar-refractivity contribution is 6.32. The average Bonchev–Trinajstić information content (AvgIpc) is 2.65. The number of hydrogen-bond acceptors (Lipinski definition) is 2. The van der Waals surface area contributed by atoms with Crippen molar-refractivity contribution in [3.05, 3.63) is 82.9 Å². The van der Waals surface area contributed by atoms with Gasteiger partial charge in [0.1, 0.15) is 6.07 Å². The zero-order valence-electron chi connectivity index (χ0n) is 14.3. The molecule has 3 rings (SSSR count). The monoisotopic (exact) mass is 346 g/mol. The van der Waals surface area contributed by atoms with Crippen LogP contribution in [0.25, 0.3) is 11.1 Å². The maximum absolute atomic E-state index is 9.08. The Hall–Kier alpha value is -2.76. The summed E-state index contributed by atoms with van der Waals surface area (Å²) in [6, 6.07) is 24.5. The van der Waals surface area contributed by atoms with E-state index in [0.29, 0.717) is 10.6 Å². The summed E-state index contributed by atoms with van der Waals surface area (Å²) in [5, 5.41) is 9.56. The molecule has 0 aliphatic carbocycles. The molecule has 0 amide bonds. The lowest BCUT2D eigenvalue weighted by atomic mass is 10.0. The summed E-state index contributed by atoms with van der Waals surface area (Å²) in [6.07, 6.45) is 0. The predicted octanol–water partition coefficient (Wildman–Crippen LogP) is 6.35. The minimum atomic E-state index is 0.482. The molecule has 0 unspecified atom stereocenters. The largest absolute Gasteiger partial charge is 0.341 e. The molecule has 3 aromatic carbocycles. The van der Waals surface area contributed by atoms with Gasteiger partial charge in [-0.3, -0.25) is 0 Å². The predicted molar refractivity (Wildman–Crippen MR) is 105 cm³/mol. The van der Waals surface area contributed by atoms with E-state index in [1.807, 2.05) is 30.3 Å². The van der Waals surface area contributed by atoms with E-state index in [0.717, 1.165) is 17.9 Å². The van der Waals surface area contributed by atoms with Gasteiger partial charge in [-0.1, -0.05) is 54.1 Å². The molecule has 0 aromatic heterocycles. The fourth-order valence-electron chi connectivity index (χ4n) is 2.96. The van der Waals surface area contributed by atoms with E-state index < -0.39 is 0 Å². The second kappa shape index (κ2) is 7.42. The number of halogens is 1. The summed E-state index contributed by atoms with van der Waals surface area (Å²) in [5.74, 6) is 0. The number of anilines is 2. The summed E-state index contributed by atoms with van der Waals surface area (Å²) in [5.41, 5.74) is 6.19. The van der Waals surface area contributed by atoms with Gasteiger partial charge in [0.05, 0.1) is 10.6 Å². The van der Waals surface area contributed by atoms with Crippen molar-refractivity contribution < 1.29 is 0 Å². The number of nitrogens with zero attached hydrogens (tertiary/aromatic N) is 2. The average molecular weight is 347 g/mol. The van der Waals surface area contributed by atoms with Crippen LogP contribution in [0.15, 0.2) is 66.7 Å². The molecular weight excluding hydrogens is 328 g/mol. The third-order valence-corrected chi connectivity index (χ3v) is 4.62. The van der Waals surface area contributed by atoms with Gasteiger partial charge in [0.2, 0.25) is 0 Å². The van der Waals surface area contributed by atoms with Crippen LogP contribution in [0, 0.1) is 18.3 Å². The van der Waals surface area contributed by atoms with Gasteiger partial charge in [0, 0.05) is 17.9 Å². The molecule has 25 heavy (non-hydrogen) atoms. The molecule has 3 heteroatoms. The first kappa shape index (κ1) is 17.1. The van der Waals surface area contributed by atoms with Crippen LogP contribution in [0.4, 0.5) is 11.4 Å². The molecular formula is C22H19ClN2. The third kappa shape index (κ3) is 3.52. The first-order valence-corrected chi connectivity index (χ1v) is 8.65. The van der Waals surface area contributed by atoms with Crippen molar-refractivity contribution in [1.82, 2.24) is 0 Å². The Bertz CT molecular complexity index is 927. The van der Waals surface area contributed by atoms with Crippen LogP contribution in [0.3, 0.4) is 0 Å². The van der Waals surface area contributed by atoms with Crippen LogP contribution < -0.4 is 4.90 Å². The van der Waals surface area contributed by atoms with E-state index in [9.17, 15) is 0 Å². The summed E-state index contributed by atoms with van der Waals surface area (Å²) in [7, 11) is 0. The summed E-state index contributed by atoms with van der Waals surface area (Å²) in [6.45, 7) is 5.03. The van der Waals surface area contributed by atoms with Gasteiger partial charge in [0.15, 0.2) is 0 Å². The molecule has 0 fully saturated rings. The normalized spacial score (nSPS) is 10.3. The number of rotatable bonds is 4. The highest BCUT2D eigenvalue weighted by atomic mass is 35.5. The van der Waals surface area contributed by atoms with Crippen molar-refractivity contribution in [1.29, 1.82) is 5.26 Å². The van der Waals surface area contributed by atoms with E-state index in [1.54, 1.807) is 6.07 Å². The van der Waals surface area contributed by atoms with Crippen LogP contribution in [0.2, 0.25) is 5.02 Å². The molecule has 0 bridgehead atoms. The van der Waals surface area contributed by atoms with Crippen molar-refractivity contribution in [2.24, 2.45) is 0 Å². The summed E-state index contributed by atoms with van der Waals surface area (Å²) < 4.78 is 0. The maximum Gasteiger partial charge on any atom is 0.101 e. The molecule has 0 spiro atoms. The molecule has 0 saturated heterocycles. The Balaban J connectivity index is 2.07. The van der Waals surface area contributed by atoms with Crippen molar-refractivity contribution in [2.45, 2.75) is 13.8 Å². The Kier molecular flexibility index (Phi) is 5.07. The lowest BCUT2D eigenvalue weighted by Gasteiger charge is -2.26. The van der Waals surface area contributed by atoms with Gasteiger partial charge in [-0.25, -0.2) is 0 Å². The van der Waals surface area contributed by atoms with Gasteiger partial charge in [0.25, 0.3) is 0 Å². The highest BCUT2D eigenvalue weighted by Crippen LogP contribution is 2.34. The highest BCUT2D eigenvalue weighted by Gasteiger charge is 2.13.